The average molecular weight is 318 g/mol. The molecule has 0 aliphatic rings. The maximum atomic E-state index is 12.1. The number of ether oxygens (including phenoxy) is 1. The van der Waals surface area contributed by atoms with E-state index in [4.69, 9.17) is 4.74 Å². The zero-order chi connectivity index (χ0) is 15.8. The van der Waals surface area contributed by atoms with E-state index in [0.717, 1.165) is 10.4 Å². The Morgan fingerprint density at radius 1 is 1.36 bits per heavy atom. The van der Waals surface area contributed by atoms with Gasteiger partial charge in [0.15, 0.2) is 0 Å². The van der Waals surface area contributed by atoms with E-state index >= 15 is 0 Å². The van der Waals surface area contributed by atoms with Crippen molar-refractivity contribution >= 4 is 23.2 Å². The molecule has 0 aliphatic heterocycles. The van der Waals surface area contributed by atoms with Gasteiger partial charge in [0.1, 0.15) is 0 Å². The number of amides is 1. The van der Waals surface area contributed by atoms with Gasteiger partial charge in [0.05, 0.1) is 19.6 Å². The third-order valence-corrected chi connectivity index (χ3v) is 4.17. The van der Waals surface area contributed by atoms with Gasteiger partial charge in [0.2, 0.25) is 5.91 Å². The lowest BCUT2D eigenvalue weighted by molar-refractivity contribution is -0.141. The zero-order valence-electron chi connectivity index (χ0n) is 12.3. The normalized spacial score (nSPS) is 11.7. The second-order valence-electron chi connectivity index (χ2n) is 4.78. The van der Waals surface area contributed by atoms with E-state index < -0.39 is 0 Å². The van der Waals surface area contributed by atoms with Crippen LogP contribution in [-0.2, 0) is 20.7 Å². The molecule has 1 N–H and O–H groups in total. The van der Waals surface area contributed by atoms with Gasteiger partial charge >= 0.3 is 5.97 Å². The summed E-state index contributed by atoms with van der Waals surface area (Å²) in [6, 6.07) is 7.24. The van der Waals surface area contributed by atoms with E-state index in [1.54, 1.807) is 12.4 Å². The Morgan fingerprint density at radius 3 is 2.86 bits per heavy atom. The number of nitrogens with zero attached hydrogens (tertiary/aromatic N) is 1. The molecule has 1 atom stereocenters. The van der Waals surface area contributed by atoms with Gasteiger partial charge in [-0.05, 0) is 29.5 Å². The fraction of sp³-hybridized carbons (Fsp3) is 0.312. The highest BCUT2D eigenvalue weighted by atomic mass is 32.1. The number of hydrogen-bond donors (Lipinski definition) is 1. The van der Waals surface area contributed by atoms with Gasteiger partial charge < -0.3 is 10.1 Å². The predicted molar refractivity (Wildman–Crippen MR) is 84.4 cm³/mol. The van der Waals surface area contributed by atoms with Crippen LogP contribution in [0.2, 0.25) is 0 Å². The van der Waals surface area contributed by atoms with Crippen LogP contribution in [0.1, 0.15) is 29.3 Å². The minimum atomic E-state index is -0.342. The molecular weight excluding hydrogens is 300 g/mol. The van der Waals surface area contributed by atoms with E-state index in [0.29, 0.717) is 12.8 Å². The summed E-state index contributed by atoms with van der Waals surface area (Å²) in [5, 5.41) is 4.82. The topological polar surface area (TPSA) is 68.3 Å². The second kappa shape index (κ2) is 8.29. The fourth-order valence-corrected chi connectivity index (χ4v) is 2.81. The zero-order valence-corrected chi connectivity index (χ0v) is 13.1. The molecule has 0 spiro atoms. The first-order chi connectivity index (χ1) is 10.7. The number of nitrogens with one attached hydrogen (secondary N) is 1. The van der Waals surface area contributed by atoms with Crippen molar-refractivity contribution in [1.29, 1.82) is 0 Å². The van der Waals surface area contributed by atoms with Crippen LogP contribution in [0.5, 0.6) is 0 Å². The van der Waals surface area contributed by atoms with Crippen LogP contribution in [0.15, 0.2) is 42.0 Å². The van der Waals surface area contributed by atoms with Gasteiger partial charge in [-0.2, -0.15) is 0 Å². The third-order valence-electron chi connectivity index (χ3n) is 3.18. The summed E-state index contributed by atoms with van der Waals surface area (Å²) in [4.78, 5) is 28.6. The first kappa shape index (κ1) is 16.2. The molecule has 2 heterocycles. The van der Waals surface area contributed by atoms with Gasteiger partial charge in [0.25, 0.3) is 0 Å². The van der Waals surface area contributed by atoms with Gasteiger partial charge in [-0.1, -0.05) is 12.1 Å². The number of pyridine rings is 1. The molecule has 0 aliphatic carbocycles. The lowest BCUT2D eigenvalue weighted by Gasteiger charge is -2.16. The van der Waals surface area contributed by atoms with Crippen LogP contribution in [0.3, 0.4) is 0 Å². The average Bonchev–Trinajstić information content (AvgIpc) is 3.07. The number of methoxy groups -OCH3 is 1. The number of aromatic nitrogens is 1. The van der Waals surface area contributed by atoms with Crippen molar-refractivity contribution in [3.05, 3.63) is 52.5 Å². The number of thiophene rings is 1. The Hall–Kier alpha value is -2.21. The van der Waals surface area contributed by atoms with Crippen LogP contribution in [0, 0.1) is 0 Å². The molecule has 2 aromatic rings. The van der Waals surface area contributed by atoms with Gasteiger partial charge in [-0.15, -0.1) is 11.3 Å². The van der Waals surface area contributed by atoms with Crippen molar-refractivity contribution in [3.63, 3.8) is 0 Å². The Bertz CT molecular complexity index is 599. The molecule has 1 amide bonds. The Labute approximate surface area is 133 Å². The molecule has 1 unspecified atom stereocenters. The van der Waals surface area contributed by atoms with Gasteiger partial charge in [-0.3, -0.25) is 14.6 Å². The number of carbonyl (C=O) groups is 2. The lowest BCUT2D eigenvalue weighted by atomic mass is 10.1. The molecule has 0 fully saturated rings. The van der Waals surface area contributed by atoms with E-state index in [1.165, 1.54) is 18.4 Å². The van der Waals surface area contributed by atoms with Crippen molar-refractivity contribution in [1.82, 2.24) is 10.3 Å². The molecule has 0 bridgehead atoms. The van der Waals surface area contributed by atoms with Gasteiger partial charge in [0, 0.05) is 23.7 Å². The van der Waals surface area contributed by atoms with Crippen molar-refractivity contribution < 1.29 is 14.3 Å². The van der Waals surface area contributed by atoms with Crippen LogP contribution in [0.4, 0.5) is 0 Å². The Balaban J connectivity index is 1.92. The number of carbonyl (C=O) groups excluding carboxylic acids is 2. The first-order valence-corrected chi connectivity index (χ1v) is 7.85. The van der Waals surface area contributed by atoms with E-state index in [1.807, 2.05) is 29.6 Å². The SMILES string of the molecule is COC(=O)CC(NC(=O)CCc1cccnc1)c1cccs1. The van der Waals surface area contributed by atoms with Crippen LogP contribution in [0.25, 0.3) is 0 Å². The number of esters is 1. The third kappa shape index (κ3) is 4.96. The predicted octanol–water partition coefficient (Wildman–Crippen LogP) is 2.50. The first-order valence-electron chi connectivity index (χ1n) is 6.97. The molecule has 5 nitrogen and oxygen atoms in total. The largest absolute Gasteiger partial charge is 0.469 e. The number of hydrogen-bond acceptors (Lipinski definition) is 5. The van der Waals surface area contributed by atoms with E-state index in [9.17, 15) is 9.59 Å². The highest BCUT2D eigenvalue weighted by Crippen LogP contribution is 2.22. The maximum absolute atomic E-state index is 12.1. The Morgan fingerprint density at radius 2 is 2.23 bits per heavy atom. The van der Waals surface area contributed by atoms with Crippen LogP contribution in [-0.4, -0.2) is 24.0 Å². The molecule has 0 radical (unpaired) electrons. The minimum Gasteiger partial charge on any atom is -0.469 e. The van der Waals surface area contributed by atoms with Crippen LogP contribution < -0.4 is 5.32 Å². The molecule has 0 saturated heterocycles. The molecule has 0 aromatic carbocycles. The second-order valence-corrected chi connectivity index (χ2v) is 5.76. The van der Waals surface area contributed by atoms with Gasteiger partial charge in [-0.25, -0.2) is 0 Å². The summed E-state index contributed by atoms with van der Waals surface area (Å²) in [6.07, 6.45) is 4.56. The minimum absolute atomic E-state index is 0.0915. The highest BCUT2D eigenvalue weighted by Gasteiger charge is 2.19. The van der Waals surface area contributed by atoms with Crippen LogP contribution >= 0.6 is 11.3 Å². The quantitative estimate of drug-likeness (QED) is 0.796. The number of aryl methyl sites for hydroxylation is 1. The summed E-state index contributed by atoms with van der Waals surface area (Å²) >= 11 is 1.51. The van der Waals surface area contributed by atoms with Crippen molar-refractivity contribution in [2.75, 3.05) is 7.11 Å². The summed E-state index contributed by atoms with van der Waals surface area (Å²) in [5.41, 5.74) is 1.01. The fourth-order valence-electron chi connectivity index (χ4n) is 2.03. The molecule has 6 heteroatoms. The maximum Gasteiger partial charge on any atom is 0.307 e. The molecular formula is C16H18N2O3S. The molecule has 22 heavy (non-hydrogen) atoms. The molecule has 116 valence electrons. The number of rotatable bonds is 7. The Kier molecular flexibility index (Phi) is 6.09. The van der Waals surface area contributed by atoms with Crippen molar-refractivity contribution in [3.8, 4) is 0 Å². The molecule has 0 saturated carbocycles. The van der Waals surface area contributed by atoms with Crippen molar-refractivity contribution in [2.45, 2.75) is 25.3 Å². The summed E-state index contributed by atoms with van der Waals surface area (Å²) in [5.74, 6) is -0.433. The lowest BCUT2D eigenvalue weighted by Crippen LogP contribution is -2.30. The standard InChI is InChI=1S/C16H18N2O3S/c1-21-16(20)10-13(14-5-3-9-22-14)18-15(19)7-6-12-4-2-8-17-11-12/h2-5,8-9,11,13H,6-7,10H2,1H3,(H,18,19). The van der Waals surface area contributed by atoms with E-state index in [-0.39, 0.29) is 24.3 Å². The highest BCUT2D eigenvalue weighted by molar-refractivity contribution is 7.10. The monoisotopic (exact) mass is 318 g/mol. The van der Waals surface area contributed by atoms with Crippen molar-refractivity contribution in [2.24, 2.45) is 0 Å². The van der Waals surface area contributed by atoms with E-state index in [2.05, 4.69) is 10.3 Å². The molecule has 2 rings (SSSR count). The summed E-state index contributed by atoms with van der Waals surface area (Å²) in [7, 11) is 1.35. The smallest absolute Gasteiger partial charge is 0.307 e. The summed E-state index contributed by atoms with van der Waals surface area (Å²) in [6.45, 7) is 0. The summed E-state index contributed by atoms with van der Waals surface area (Å²) < 4.78 is 4.70. The molecule has 2 aromatic heterocycles.